The summed E-state index contributed by atoms with van der Waals surface area (Å²) < 4.78 is 11.0. The number of benzene rings is 3. The van der Waals surface area contributed by atoms with Crippen molar-refractivity contribution in [2.75, 3.05) is 13.7 Å². The topological polar surface area (TPSA) is 47.6 Å². The van der Waals surface area contributed by atoms with Gasteiger partial charge in [-0.05, 0) is 41.5 Å². The summed E-state index contributed by atoms with van der Waals surface area (Å²) in [7, 11) is 1.66. The molecule has 1 N–H and O–H groups in total. The monoisotopic (exact) mass is 361 g/mol. The van der Waals surface area contributed by atoms with Gasteiger partial charge in [-0.2, -0.15) is 0 Å². The van der Waals surface area contributed by atoms with Gasteiger partial charge in [0.2, 0.25) is 5.91 Å². The van der Waals surface area contributed by atoms with Crippen molar-refractivity contribution in [3.05, 3.63) is 71.8 Å². The van der Waals surface area contributed by atoms with Crippen molar-refractivity contribution in [2.45, 2.75) is 25.3 Å². The van der Waals surface area contributed by atoms with Crippen molar-refractivity contribution >= 4 is 16.7 Å². The van der Waals surface area contributed by atoms with Gasteiger partial charge in [0.15, 0.2) is 0 Å². The molecule has 3 aromatic rings. The zero-order chi connectivity index (χ0) is 18.8. The number of fused-ring (bicyclic) bond motifs is 2. The van der Waals surface area contributed by atoms with E-state index in [9.17, 15) is 4.79 Å². The van der Waals surface area contributed by atoms with Crippen LogP contribution < -0.4 is 14.8 Å². The average Bonchev–Trinajstić information content (AvgIpc) is 2.72. The van der Waals surface area contributed by atoms with Gasteiger partial charge in [-0.3, -0.25) is 4.79 Å². The molecule has 0 fully saturated rings. The first kappa shape index (κ1) is 17.4. The average molecular weight is 361 g/mol. The molecule has 1 amide bonds. The first-order valence-corrected chi connectivity index (χ1v) is 9.25. The summed E-state index contributed by atoms with van der Waals surface area (Å²) >= 11 is 0. The van der Waals surface area contributed by atoms with Gasteiger partial charge in [-0.1, -0.05) is 42.5 Å². The molecule has 0 radical (unpaired) electrons. The Hall–Kier alpha value is -3.01. The van der Waals surface area contributed by atoms with Crippen LogP contribution in [-0.2, 0) is 4.79 Å². The molecule has 3 aromatic carbocycles. The Morgan fingerprint density at radius 2 is 1.89 bits per heavy atom. The highest BCUT2D eigenvalue weighted by atomic mass is 16.5. The standard InChI is InChI=1S/C23H23NO3/c1-15(16-7-8-18-14-19(26-2)10-9-17(18)13-16)23(25)24-21-11-12-27-22-6-4-3-5-20(21)22/h3-10,13-15,21H,11-12H2,1-2H3,(H,24,25)/t15-,21?/m0/s1. The number of ether oxygens (including phenoxy) is 2. The molecule has 0 bridgehead atoms. The van der Waals surface area contributed by atoms with Crippen LogP contribution in [0.5, 0.6) is 11.5 Å². The predicted octanol–water partition coefficient (Wildman–Crippen LogP) is 4.59. The van der Waals surface area contributed by atoms with E-state index in [1.54, 1.807) is 7.11 Å². The lowest BCUT2D eigenvalue weighted by atomic mass is 9.95. The number of hydrogen-bond donors (Lipinski definition) is 1. The molecular formula is C23H23NO3. The minimum absolute atomic E-state index is 0.00498. The quantitative estimate of drug-likeness (QED) is 0.739. The third kappa shape index (κ3) is 3.47. The van der Waals surface area contributed by atoms with E-state index in [4.69, 9.17) is 9.47 Å². The molecule has 4 nitrogen and oxygen atoms in total. The van der Waals surface area contributed by atoms with Crippen LogP contribution in [0.15, 0.2) is 60.7 Å². The Kier molecular flexibility index (Phi) is 4.71. The lowest BCUT2D eigenvalue weighted by Gasteiger charge is -2.27. The summed E-state index contributed by atoms with van der Waals surface area (Å²) in [6, 6.07) is 20.0. The first-order valence-electron chi connectivity index (χ1n) is 9.25. The Morgan fingerprint density at radius 1 is 1.11 bits per heavy atom. The second kappa shape index (κ2) is 7.31. The number of para-hydroxylation sites is 1. The molecular weight excluding hydrogens is 338 g/mol. The van der Waals surface area contributed by atoms with Gasteiger partial charge in [-0.15, -0.1) is 0 Å². The van der Waals surface area contributed by atoms with Gasteiger partial charge < -0.3 is 14.8 Å². The van der Waals surface area contributed by atoms with E-state index in [1.807, 2.05) is 61.5 Å². The fourth-order valence-electron chi connectivity index (χ4n) is 3.58. The number of carbonyl (C=O) groups is 1. The summed E-state index contributed by atoms with van der Waals surface area (Å²) in [6.07, 6.45) is 0.785. The zero-order valence-corrected chi connectivity index (χ0v) is 15.6. The second-order valence-corrected chi connectivity index (χ2v) is 6.93. The van der Waals surface area contributed by atoms with Gasteiger partial charge in [0.05, 0.1) is 25.7 Å². The summed E-state index contributed by atoms with van der Waals surface area (Å²) in [4.78, 5) is 12.9. The van der Waals surface area contributed by atoms with Gasteiger partial charge in [0, 0.05) is 12.0 Å². The molecule has 2 atom stereocenters. The first-order chi connectivity index (χ1) is 13.2. The van der Waals surface area contributed by atoms with Crippen molar-refractivity contribution in [2.24, 2.45) is 0 Å². The molecule has 4 rings (SSSR count). The SMILES string of the molecule is COc1ccc2cc([C@H](C)C(=O)NC3CCOc4ccccc43)ccc2c1. The van der Waals surface area contributed by atoms with Gasteiger partial charge in [-0.25, -0.2) is 0 Å². The molecule has 138 valence electrons. The molecule has 4 heteroatoms. The maximum atomic E-state index is 12.9. The van der Waals surface area contributed by atoms with Crippen LogP contribution in [0, 0.1) is 0 Å². The van der Waals surface area contributed by atoms with E-state index in [2.05, 4.69) is 11.4 Å². The maximum absolute atomic E-state index is 12.9. The lowest BCUT2D eigenvalue weighted by molar-refractivity contribution is -0.123. The predicted molar refractivity (Wildman–Crippen MR) is 106 cm³/mol. The maximum Gasteiger partial charge on any atom is 0.227 e. The number of amides is 1. The van der Waals surface area contributed by atoms with E-state index >= 15 is 0 Å². The molecule has 1 aliphatic rings. The third-order valence-corrected chi connectivity index (χ3v) is 5.24. The lowest BCUT2D eigenvalue weighted by Crippen LogP contribution is -2.34. The Bertz CT molecular complexity index is 982. The molecule has 0 spiro atoms. The molecule has 1 heterocycles. The third-order valence-electron chi connectivity index (χ3n) is 5.24. The fraction of sp³-hybridized carbons (Fsp3) is 0.261. The Balaban J connectivity index is 1.53. The minimum atomic E-state index is -0.230. The van der Waals surface area contributed by atoms with Crippen molar-refractivity contribution in [1.82, 2.24) is 5.32 Å². The van der Waals surface area contributed by atoms with E-state index in [1.165, 1.54) is 0 Å². The highest BCUT2D eigenvalue weighted by Gasteiger charge is 2.25. The van der Waals surface area contributed by atoms with Crippen LogP contribution in [0.2, 0.25) is 0 Å². The Morgan fingerprint density at radius 3 is 2.74 bits per heavy atom. The molecule has 1 aliphatic heterocycles. The number of nitrogens with one attached hydrogen (secondary N) is 1. The molecule has 1 unspecified atom stereocenters. The van der Waals surface area contributed by atoms with Gasteiger partial charge >= 0.3 is 0 Å². The molecule has 0 aliphatic carbocycles. The molecule has 0 saturated carbocycles. The number of carbonyl (C=O) groups excluding carboxylic acids is 1. The molecule has 0 aromatic heterocycles. The van der Waals surface area contributed by atoms with Crippen LogP contribution in [0.3, 0.4) is 0 Å². The van der Waals surface area contributed by atoms with Crippen LogP contribution in [0.4, 0.5) is 0 Å². The number of hydrogen-bond acceptors (Lipinski definition) is 3. The summed E-state index contributed by atoms with van der Waals surface area (Å²) in [5, 5.41) is 5.40. The normalized spacial score (nSPS) is 16.9. The summed E-state index contributed by atoms with van der Waals surface area (Å²) in [5.41, 5.74) is 2.06. The van der Waals surface area contributed by atoms with Crippen molar-refractivity contribution in [3.63, 3.8) is 0 Å². The highest BCUT2D eigenvalue weighted by molar-refractivity contribution is 5.88. The largest absolute Gasteiger partial charge is 0.497 e. The van der Waals surface area contributed by atoms with Crippen molar-refractivity contribution in [1.29, 1.82) is 0 Å². The van der Waals surface area contributed by atoms with Crippen LogP contribution in [0.1, 0.15) is 36.4 Å². The summed E-state index contributed by atoms with van der Waals surface area (Å²) in [6.45, 7) is 2.57. The number of methoxy groups -OCH3 is 1. The van der Waals surface area contributed by atoms with Gasteiger partial charge in [0.25, 0.3) is 0 Å². The van der Waals surface area contributed by atoms with E-state index in [0.717, 1.165) is 39.8 Å². The van der Waals surface area contributed by atoms with E-state index in [0.29, 0.717) is 6.61 Å². The zero-order valence-electron chi connectivity index (χ0n) is 15.6. The van der Waals surface area contributed by atoms with Crippen LogP contribution >= 0.6 is 0 Å². The smallest absolute Gasteiger partial charge is 0.227 e. The van der Waals surface area contributed by atoms with Crippen molar-refractivity contribution < 1.29 is 14.3 Å². The minimum Gasteiger partial charge on any atom is -0.497 e. The van der Waals surface area contributed by atoms with E-state index < -0.39 is 0 Å². The van der Waals surface area contributed by atoms with Gasteiger partial charge in [0.1, 0.15) is 11.5 Å². The van der Waals surface area contributed by atoms with Crippen molar-refractivity contribution in [3.8, 4) is 11.5 Å². The molecule has 0 saturated heterocycles. The van der Waals surface area contributed by atoms with E-state index in [-0.39, 0.29) is 17.9 Å². The number of rotatable bonds is 4. The summed E-state index contributed by atoms with van der Waals surface area (Å²) in [5.74, 6) is 1.50. The van der Waals surface area contributed by atoms with Crippen LogP contribution in [0.25, 0.3) is 10.8 Å². The highest BCUT2D eigenvalue weighted by Crippen LogP contribution is 2.32. The van der Waals surface area contributed by atoms with Crippen LogP contribution in [-0.4, -0.2) is 19.6 Å². The Labute approximate surface area is 159 Å². The fourth-order valence-corrected chi connectivity index (χ4v) is 3.58. The molecule has 27 heavy (non-hydrogen) atoms. The second-order valence-electron chi connectivity index (χ2n) is 6.93.